The van der Waals surface area contributed by atoms with E-state index in [2.05, 4.69) is 15.0 Å². The molecule has 39 heavy (non-hydrogen) atoms. The van der Waals surface area contributed by atoms with Gasteiger partial charge in [-0.1, -0.05) is 42.5 Å². The van der Waals surface area contributed by atoms with Crippen LogP contribution >= 0.6 is 0 Å². The minimum Gasteiger partial charge on any atom is -0.481 e. The number of carbonyl (C=O) groups is 3. The molecule has 3 aliphatic rings. The first-order chi connectivity index (χ1) is 18.7. The van der Waals surface area contributed by atoms with Crippen molar-refractivity contribution in [3.63, 3.8) is 0 Å². The lowest BCUT2D eigenvalue weighted by atomic mass is 9.87. The molecule has 0 bridgehead atoms. The van der Waals surface area contributed by atoms with Gasteiger partial charge in [0.05, 0.1) is 12.5 Å². The van der Waals surface area contributed by atoms with E-state index >= 15 is 0 Å². The van der Waals surface area contributed by atoms with Gasteiger partial charge >= 0.3 is 18.6 Å². The zero-order valence-electron chi connectivity index (χ0n) is 21.6. The molecule has 0 radical (unpaired) electrons. The van der Waals surface area contributed by atoms with Crippen LogP contribution < -0.4 is 15.8 Å². The van der Waals surface area contributed by atoms with E-state index in [0.29, 0.717) is 31.5 Å². The SMILES string of the molecule is N[C@@H](CCN1CCC2(CC1)NC(=O)N(Cc1ccc(OC(F)F)cc1)C2=O)c1ccccc1.O=C(O)C1CC1. The molecule has 11 heteroatoms. The van der Waals surface area contributed by atoms with Gasteiger partial charge in [-0.25, -0.2) is 4.79 Å². The standard InChI is InChI=1S/C24H28F2N4O3.C4H6O2/c25-22(26)33-19-8-6-17(7-9-19)16-30-21(31)24(28-23(30)32)11-14-29(15-12-24)13-10-20(27)18-4-2-1-3-5-18;5-4(6)3-1-2-3/h1-9,20,22H,10-16,27H2,(H,28,32);3H,1-2H2,(H,5,6)/t20-;/m0./s1. The van der Waals surface area contributed by atoms with Crippen molar-refractivity contribution in [2.45, 2.75) is 56.8 Å². The smallest absolute Gasteiger partial charge is 0.387 e. The lowest BCUT2D eigenvalue weighted by Crippen LogP contribution is -2.55. The summed E-state index contributed by atoms with van der Waals surface area (Å²) in [6.45, 7) is -0.606. The Morgan fingerprint density at radius 3 is 2.26 bits per heavy atom. The Morgan fingerprint density at radius 1 is 1.08 bits per heavy atom. The van der Waals surface area contributed by atoms with E-state index in [1.807, 2.05) is 30.3 Å². The van der Waals surface area contributed by atoms with Crippen molar-refractivity contribution in [3.8, 4) is 5.75 Å². The maximum atomic E-state index is 13.1. The predicted molar refractivity (Wildman–Crippen MR) is 139 cm³/mol. The van der Waals surface area contributed by atoms with Gasteiger partial charge in [0.25, 0.3) is 5.91 Å². The number of benzene rings is 2. The number of halogens is 2. The number of amides is 3. The number of alkyl halides is 2. The number of rotatable bonds is 9. The van der Waals surface area contributed by atoms with Crippen LogP contribution in [0.15, 0.2) is 54.6 Å². The van der Waals surface area contributed by atoms with Crippen molar-refractivity contribution < 1.29 is 33.0 Å². The topological polar surface area (TPSA) is 125 Å². The van der Waals surface area contributed by atoms with E-state index in [1.54, 1.807) is 12.1 Å². The van der Waals surface area contributed by atoms with Crippen LogP contribution in [0.25, 0.3) is 0 Å². The van der Waals surface area contributed by atoms with E-state index in [-0.39, 0.29) is 30.2 Å². The number of hydrogen-bond donors (Lipinski definition) is 3. The molecule has 1 aliphatic carbocycles. The minimum absolute atomic E-state index is 0.0185. The molecule has 210 valence electrons. The fourth-order valence-corrected chi connectivity index (χ4v) is 4.79. The summed E-state index contributed by atoms with van der Waals surface area (Å²) in [7, 11) is 0. The molecule has 0 unspecified atom stereocenters. The summed E-state index contributed by atoms with van der Waals surface area (Å²) in [6.07, 6.45) is 3.69. The molecular weight excluding hydrogens is 510 g/mol. The number of carbonyl (C=O) groups excluding carboxylic acids is 2. The number of nitrogens with two attached hydrogens (primary N) is 1. The highest BCUT2D eigenvalue weighted by molar-refractivity contribution is 6.07. The highest BCUT2D eigenvalue weighted by Gasteiger charge is 2.52. The van der Waals surface area contributed by atoms with Gasteiger partial charge < -0.3 is 25.8 Å². The van der Waals surface area contributed by atoms with Crippen LogP contribution in [0.4, 0.5) is 13.6 Å². The summed E-state index contributed by atoms with van der Waals surface area (Å²) in [5.41, 5.74) is 7.18. The summed E-state index contributed by atoms with van der Waals surface area (Å²) in [5, 5.41) is 11.0. The maximum absolute atomic E-state index is 13.1. The van der Waals surface area contributed by atoms with Gasteiger partial charge in [-0.05, 0) is 61.9 Å². The molecule has 3 amide bonds. The van der Waals surface area contributed by atoms with Crippen LogP contribution in [0.2, 0.25) is 0 Å². The molecule has 1 spiro atoms. The monoisotopic (exact) mass is 544 g/mol. The predicted octanol–water partition coefficient (Wildman–Crippen LogP) is 3.75. The van der Waals surface area contributed by atoms with Crippen molar-refractivity contribution in [2.75, 3.05) is 19.6 Å². The summed E-state index contributed by atoms with van der Waals surface area (Å²) in [4.78, 5) is 39.0. The fraction of sp³-hybridized carbons (Fsp3) is 0.464. The first-order valence-corrected chi connectivity index (χ1v) is 13.1. The Balaban J connectivity index is 0.000000519. The third-order valence-electron chi connectivity index (χ3n) is 7.36. The molecule has 2 saturated heterocycles. The number of likely N-dealkylation sites (tertiary alicyclic amines) is 1. The molecule has 1 atom stereocenters. The van der Waals surface area contributed by atoms with Gasteiger partial charge in [0.1, 0.15) is 11.3 Å². The first-order valence-electron chi connectivity index (χ1n) is 13.1. The molecule has 9 nitrogen and oxygen atoms in total. The van der Waals surface area contributed by atoms with Crippen molar-refractivity contribution in [1.82, 2.24) is 15.1 Å². The van der Waals surface area contributed by atoms with Gasteiger partial charge in [-0.2, -0.15) is 8.78 Å². The second-order valence-corrected chi connectivity index (χ2v) is 10.2. The molecular formula is C28H34F2N4O5. The van der Waals surface area contributed by atoms with Gasteiger partial charge in [-0.3, -0.25) is 14.5 Å². The molecule has 3 fully saturated rings. The fourth-order valence-electron chi connectivity index (χ4n) is 4.79. The molecule has 1 saturated carbocycles. The molecule has 2 aromatic carbocycles. The Morgan fingerprint density at radius 2 is 1.72 bits per heavy atom. The third kappa shape index (κ3) is 7.51. The Labute approximate surface area is 225 Å². The molecule has 2 heterocycles. The summed E-state index contributed by atoms with van der Waals surface area (Å²) < 4.78 is 29.0. The lowest BCUT2D eigenvalue weighted by Gasteiger charge is -2.37. The quantitative estimate of drug-likeness (QED) is 0.411. The van der Waals surface area contributed by atoms with Gasteiger partial charge in [0.15, 0.2) is 0 Å². The summed E-state index contributed by atoms with van der Waals surface area (Å²) >= 11 is 0. The summed E-state index contributed by atoms with van der Waals surface area (Å²) in [5.74, 6) is -0.817. The second-order valence-electron chi connectivity index (χ2n) is 10.2. The number of aliphatic carboxylic acids is 1. The first kappa shape index (κ1) is 28.4. The van der Waals surface area contributed by atoms with Gasteiger partial charge in [-0.15, -0.1) is 0 Å². The minimum atomic E-state index is -2.90. The molecule has 2 aromatic rings. The van der Waals surface area contributed by atoms with Gasteiger partial charge in [0, 0.05) is 19.1 Å². The van der Waals surface area contributed by atoms with E-state index < -0.39 is 24.2 Å². The number of ether oxygens (including phenoxy) is 1. The Kier molecular flexibility index (Phi) is 9.13. The highest BCUT2D eigenvalue weighted by Crippen LogP contribution is 2.31. The number of piperidine rings is 1. The third-order valence-corrected chi connectivity index (χ3v) is 7.36. The van der Waals surface area contributed by atoms with Gasteiger partial charge in [0.2, 0.25) is 0 Å². The number of carboxylic acid groups (broad SMARTS) is 1. The number of imide groups is 1. The average Bonchev–Trinajstić information content (AvgIpc) is 3.75. The molecule has 4 N–H and O–H groups in total. The van der Waals surface area contributed by atoms with E-state index in [0.717, 1.165) is 31.4 Å². The van der Waals surface area contributed by atoms with Crippen LogP contribution in [-0.4, -0.2) is 64.6 Å². The highest BCUT2D eigenvalue weighted by atomic mass is 19.3. The second kappa shape index (κ2) is 12.5. The van der Waals surface area contributed by atoms with E-state index in [9.17, 15) is 23.2 Å². The molecule has 0 aromatic heterocycles. The molecule has 5 rings (SSSR count). The molecule has 2 aliphatic heterocycles. The van der Waals surface area contributed by atoms with Crippen LogP contribution in [0.1, 0.15) is 49.3 Å². The number of nitrogens with zero attached hydrogens (tertiary/aromatic N) is 2. The van der Waals surface area contributed by atoms with Crippen molar-refractivity contribution in [3.05, 3.63) is 65.7 Å². The summed E-state index contributed by atoms with van der Waals surface area (Å²) in [6, 6.07) is 15.4. The number of carboxylic acids is 1. The normalized spacial score (nSPS) is 19.4. The Hall–Kier alpha value is -3.57. The van der Waals surface area contributed by atoms with Crippen molar-refractivity contribution >= 4 is 17.9 Å². The maximum Gasteiger partial charge on any atom is 0.387 e. The number of hydrogen-bond acceptors (Lipinski definition) is 6. The average molecular weight is 545 g/mol. The Bertz CT molecular complexity index is 1140. The number of urea groups is 1. The number of nitrogens with one attached hydrogen (secondary N) is 1. The van der Waals surface area contributed by atoms with E-state index in [1.165, 1.54) is 17.0 Å². The van der Waals surface area contributed by atoms with Crippen LogP contribution in [0.5, 0.6) is 5.75 Å². The van der Waals surface area contributed by atoms with Crippen molar-refractivity contribution in [2.24, 2.45) is 11.7 Å². The van der Waals surface area contributed by atoms with Crippen LogP contribution in [0, 0.1) is 5.92 Å². The van der Waals surface area contributed by atoms with Crippen molar-refractivity contribution in [1.29, 1.82) is 0 Å². The largest absolute Gasteiger partial charge is 0.481 e. The van der Waals surface area contributed by atoms with Crippen LogP contribution in [0.3, 0.4) is 0 Å². The zero-order valence-corrected chi connectivity index (χ0v) is 21.6. The lowest BCUT2D eigenvalue weighted by molar-refractivity contribution is -0.138. The van der Waals surface area contributed by atoms with Crippen LogP contribution in [-0.2, 0) is 16.1 Å². The van der Waals surface area contributed by atoms with E-state index in [4.69, 9.17) is 10.8 Å². The zero-order chi connectivity index (χ0) is 28.0.